The van der Waals surface area contributed by atoms with Crippen molar-refractivity contribution in [2.24, 2.45) is 22.6 Å². The second-order valence-electron chi connectivity index (χ2n) is 8.75. The molecule has 0 aromatic heterocycles. The number of methoxy groups -OCH3 is 1. The van der Waals surface area contributed by atoms with Gasteiger partial charge in [0.05, 0.1) is 25.5 Å². The van der Waals surface area contributed by atoms with Crippen LogP contribution in [0.15, 0.2) is 29.3 Å². The van der Waals surface area contributed by atoms with Gasteiger partial charge in [-0.1, -0.05) is 24.3 Å². The zero-order valence-electron chi connectivity index (χ0n) is 19.4. The zero-order chi connectivity index (χ0) is 22.9. The summed E-state index contributed by atoms with van der Waals surface area (Å²) < 4.78 is 4.89. The lowest BCUT2D eigenvalue weighted by molar-refractivity contribution is -0.146. The number of nitrogens with zero attached hydrogens (tertiary/aromatic N) is 3. The van der Waals surface area contributed by atoms with E-state index in [-0.39, 0.29) is 23.7 Å². The minimum absolute atomic E-state index is 0.0141. The molecule has 0 spiro atoms. The molecule has 1 unspecified atom stereocenters. The first-order valence-electron chi connectivity index (χ1n) is 11.7. The van der Waals surface area contributed by atoms with Crippen LogP contribution in [0.2, 0.25) is 0 Å². The van der Waals surface area contributed by atoms with Gasteiger partial charge < -0.3 is 20.7 Å². The van der Waals surface area contributed by atoms with Gasteiger partial charge in [0.25, 0.3) is 0 Å². The average molecular weight is 444 g/mol. The first kappa shape index (κ1) is 24.0. The summed E-state index contributed by atoms with van der Waals surface area (Å²) >= 11 is 0. The minimum Gasteiger partial charge on any atom is -0.469 e. The number of benzene rings is 1. The zero-order valence-corrected chi connectivity index (χ0v) is 19.4. The Morgan fingerprint density at radius 1 is 1.16 bits per heavy atom. The van der Waals surface area contributed by atoms with Gasteiger partial charge in [-0.2, -0.15) is 0 Å². The maximum Gasteiger partial charge on any atom is 0.308 e. The van der Waals surface area contributed by atoms with Crippen molar-refractivity contribution in [2.45, 2.75) is 45.7 Å². The largest absolute Gasteiger partial charge is 0.469 e. The van der Waals surface area contributed by atoms with Gasteiger partial charge in [-0.15, -0.1) is 0 Å². The van der Waals surface area contributed by atoms with E-state index in [2.05, 4.69) is 46.3 Å². The number of hydrogen-bond acceptors (Lipinski definition) is 5. The fourth-order valence-corrected chi connectivity index (χ4v) is 4.60. The van der Waals surface area contributed by atoms with Crippen LogP contribution in [0.1, 0.15) is 43.7 Å². The van der Waals surface area contributed by atoms with E-state index in [1.54, 1.807) is 0 Å². The summed E-state index contributed by atoms with van der Waals surface area (Å²) in [6.45, 7) is 7.60. The molecule has 8 heteroatoms. The molecule has 1 aromatic rings. The van der Waals surface area contributed by atoms with Crippen LogP contribution in [-0.4, -0.2) is 67.5 Å². The number of carbonyl (C=O) groups excluding carboxylic acids is 2. The maximum atomic E-state index is 11.8. The number of primary amides is 1. The number of ether oxygens (including phenoxy) is 1. The van der Waals surface area contributed by atoms with Crippen molar-refractivity contribution in [3.63, 3.8) is 0 Å². The summed E-state index contributed by atoms with van der Waals surface area (Å²) in [6, 6.07) is 8.50. The number of piperidine rings is 2. The van der Waals surface area contributed by atoms with Crippen molar-refractivity contribution in [1.29, 1.82) is 0 Å². The second-order valence-corrected chi connectivity index (χ2v) is 8.75. The molecule has 1 aromatic carbocycles. The van der Waals surface area contributed by atoms with E-state index in [1.807, 2.05) is 0 Å². The second kappa shape index (κ2) is 11.9. The quantitative estimate of drug-likeness (QED) is 0.378. The predicted molar refractivity (Wildman–Crippen MR) is 125 cm³/mol. The Morgan fingerprint density at radius 2 is 1.91 bits per heavy atom. The van der Waals surface area contributed by atoms with Gasteiger partial charge in [-0.3, -0.25) is 14.5 Å². The topological polar surface area (TPSA) is 100 Å². The van der Waals surface area contributed by atoms with Crippen molar-refractivity contribution in [1.82, 2.24) is 15.1 Å². The highest BCUT2D eigenvalue weighted by Crippen LogP contribution is 2.20. The molecular formula is C24H37N5O3. The van der Waals surface area contributed by atoms with Crippen LogP contribution >= 0.6 is 0 Å². The van der Waals surface area contributed by atoms with E-state index in [4.69, 9.17) is 15.5 Å². The first-order valence-corrected chi connectivity index (χ1v) is 11.7. The van der Waals surface area contributed by atoms with E-state index >= 15 is 0 Å². The van der Waals surface area contributed by atoms with Crippen LogP contribution in [0.3, 0.4) is 0 Å². The molecule has 0 aliphatic carbocycles. The van der Waals surface area contributed by atoms with Gasteiger partial charge in [0.2, 0.25) is 5.91 Å². The molecule has 32 heavy (non-hydrogen) atoms. The number of hydrogen-bond donors (Lipinski definition) is 2. The van der Waals surface area contributed by atoms with Crippen molar-refractivity contribution < 1.29 is 14.3 Å². The number of rotatable bonds is 7. The molecule has 2 heterocycles. The van der Waals surface area contributed by atoms with E-state index in [0.29, 0.717) is 6.54 Å². The Hall–Kier alpha value is -2.61. The lowest BCUT2D eigenvalue weighted by atomic mass is 9.97. The molecule has 3 rings (SSSR count). The van der Waals surface area contributed by atoms with Gasteiger partial charge in [0.15, 0.2) is 5.96 Å². The number of esters is 1. The van der Waals surface area contributed by atoms with E-state index in [1.165, 1.54) is 12.7 Å². The number of nitrogens with one attached hydrogen (secondary N) is 1. The number of guanidine groups is 1. The van der Waals surface area contributed by atoms with Crippen molar-refractivity contribution in [3.05, 3.63) is 35.4 Å². The van der Waals surface area contributed by atoms with Crippen LogP contribution in [0.25, 0.3) is 0 Å². The minimum atomic E-state index is -0.190. The SMILES string of the molecule is CCNC(=NCc1cccc(CN2CCCC(C(N)=O)C2)c1)N1CCC(C(=O)OC)CC1. The van der Waals surface area contributed by atoms with Crippen LogP contribution < -0.4 is 11.1 Å². The number of likely N-dealkylation sites (tertiary alicyclic amines) is 2. The molecule has 3 N–H and O–H groups in total. The molecule has 2 fully saturated rings. The van der Waals surface area contributed by atoms with Gasteiger partial charge in [0, 0.05) is 32.7 Å². The van der Waals surface area contributed by atoms with E-state index in [9.17, 15) is 9.59 Å². The fourth-order valence-electron chi connectivity index (χ4n) is 4.60. The van der Waals surface area contributed by atoms with Gasteiger partial charge in [-0.25, -0.2) is 4.99 Å². The highest BCUT2D eigenvalue weighted by Gasteiger charge is 2.27. The fraction of sp³-hybridized carbons (Fsp3) is 0.625. The van der Waals surface area contributed by atoms with Crippen LogP contribution in [0.4, 0.5) is 0 Å². The highest BCUT2D eigenvalue weighted by atomic mass is 16.5. The summed E-state index contributed by atoms with van der Waals surface area (Å²) in [6.07, 6.45) is 3.48. The number of nitrogens with two attached hydrogens (primary N) is 1. The molecule has 1 atom stereocenters. The molecular weight excluding hydrogens is 406 g/mol. The first-order chi connectivity index (χ1) is 15.5. The van der Waals surface area contributed by atoms with Crippen LogP contribution in [0.5, 0.6) is 0 Å². The molecule has 0 bridgehead atoms. The number of carbonyl (C=O) groups is 2. The standard InChI is InChI=1S/C24H37N5O3/c1-3-26-24(29-12-9-20(10-13-29)23(31)32-2)27-15-18-6-4-7-19(14-18)16-28-11-5-8-21(17-28)22(25)30/h4,6-7,14,20-21H,3,5,8-13,15-17H2,1-2H3,(H2,25,30)(H,26,27). The van der Waals surface area contributed by atoms with Crippen molar-refractivity contribution in [2.75, 3.05) is 39.8 Å². The Kier molecular flexibility index (Phi) is 8.90. The molecule has 2 aliphatic heterocycles. The third-order valence-corrected chi connectivity index (χ3v) is 6.38. The molecule has 2 saturated heterocycles. The lowest BCUT2D eigenvalue weighted by Crippen LogP contribution is -2.46. The summed E-state index contributed by atoms with van der Waals surface area (Å²) in [5.41, 5.74) is 7.90. The Morgan fingerprint density at radius 3 is 2.59 bits per heavy atom. The van der Waals surface area contributed by atoms with Crippen molar-refractivity contribution >= 4 is 17.8 Å². The summed E-state index contributed by atoms with van der Waals surface area (Å²) in [7, 11) is 1.45. The highest BCUT2D eigenvalue weighted by molar-refractivity contribution is 5.80. The number of aliphatic imine (C=N–C) groups is 1. The van der Waals surface area contributed by atoms with E-state index < -0.39 is 0 Å². The molecule has 0 radical (unpaired) electrons. The van der Waals surface area contributed by atoms with Gasteiger partial charge in [-0.05, 0) is 50.3 Å². The smallest absolute Gasteiger partial charge is 0.308 e. The van der Waals surface area contributed by atoms with Crippen LogP contribution in [-0.2, 0) is 27.4 Å². The lowest BCUT2D eigenvalue weighted by Gasteiger charge is -2.33. The Labute approximate surface area is 191 Å². The Bertz CT molecular complexity index is 805. The predicted octanol–water partition coefficient (Wildman–Crippen LogP) is 1.73. The normalized spacial score (nSPS) is 20.8. The summed E-state index contributed by atoms with van der Waals surface area (Å²) in [5.74, 6) is 0.535. The third kappa shape index (κ3) is 6.69. The maximum absolute atomic E-state index is 11.8. The Balaban J connectivity index is 1.59. The summed E-state index contributed by atoms with van der Waals surface area (Å²) in [5, 5.41) is 3.38. The van der Waals surface area contributed by atoms with E-state index in [0.717, 1.165) is 76.5 Å². The monoisotopic (exact) mass is 443 g/mol. The molecule has 0 saturated carbocycles. The molecule has 2 aliphatic rings. The molecule has 176 valence electrons. The van der Waals surface area contributed by atoms with Crippen LogP contribution in [0, 0.1) is 11.8 Å². The summed E-state index contributed by atoms with van der Waals surface area (Å²) in [4.78, 5) is 32.8. The number of amides is 1. The van der Waals surface area contributed by atoms with Gasteiger partial charge in [0.1, 0.15) is 0 Å². The molecule has 8 nitrogen and oxygen atoms in total. The van der Waals surface area contributed by atoms with Gasteiger partial charge >= 0.3 is 5.97 Å². The molecule has 1 amide bonds. The van der Waals surface area contributed by atoms with Crippen molar-refractivity contribution in [3.8, 4) is 0 Å². The third-order valence-electron chi connectivity index (χ3n) is 6.38. The average Bonchev–Trinajstić information content (AvgIpc) is 2.82.